The van der Waals surface area contributed by atoms with E-state index in [-0.39, 0.29) is 5.60 Å². The van der Waals surface area contributed by atoms with Crippen molar-refractivity contribution in [2.75, 3.05) is 19.6 Å². The normalized spacial score (nSPS) is 20.4. The molecule has 0 aromatic heterocycles. The van der Waals surface area contributed by atoms with Crippen molar-refractivity contribution in [3.63, 3.8) is 0 Å². The summed E-state index contributed by atoms with van der Waals surface area (Å²) in [4.78, 5) is 2.50. The molecular weight excluding hydrogens is 186 g/mol. The minimum Gasteiger partial charge on any atom is -0.493 e. The van der Waals surface area contributed by atoms with Crippen LogP contribution >= 0.6 is 0 Å². The van der Waals surface area contributed by atoms with E-state index in [1.54, 1.807) is 0 Å². The van der Waals surface area contributed by atoms with Crippen molar-refractivity contribution in [2.24, 2.45) is 0 Å². The number of allylic oxidation sites excluding steroid dienone is 1. The third kappa shape index (κ3) is 5.83. The lowest BCUT2D eigenvalue weighted by Crippen LogP contribution is -2.30. The second kappa shape index (κ2) is 5.55. The SMILES string of the molecule is C/C(=C/CN1CCCCC1)OC(C)(C)C. The van der Waals surface area contributed by atoms with E-state index in [9.17, 15) is 0 Å². The average Bonchev–Trinajstić information content (AvgIpc) is 2.14. The number of hydrogen-bond donors (Lipinski definition) is 0. The van der Waals surface area contributed by atoms with E-state index in [1.165, 1.54) is 32.4 Å². The third-order valence-electron chi connectivity index (χ3n) is 2.55. The van der Waals surface area contributed by atoms with Gasteiger partial charge in [0.2, 0.25) is 0 Å². The Hall–Kier alpha value is -0.500. The van der Waals surface area contributed by atoms with Crippen molar-refractivity contribution in [1.82, 2.24) is 4.90 Å². The highest BCUT2D eigenvalue weighted by Crippen LogP contribution is 2.14. The zero-order chi connectivity index (χ0) is 11.3. The molecule has 0 aromatic carbocycles. The van der Waals surface area contributed by atoms with Crippen LogP contribution in [-0.2, 0) is 4.74 Å². The second-order valence-corrected chi connectivity index (χ2v) is 5.39. The summed E-state index contributed by atoms with van der Waals surface area (Å²) >= 11 is 0. The Morgan fingerprint density at radius 2 is 1.80 bits per heavy atom. The molecule has 1 aliphatic heterocycles. The first-order valence-electron chi connectivity index (χ1n) is 6.05. The predicted molar refractivity (Wildman–Crippen MR) is 64.9 cm³/mol. The number of rotatable bonds is 3. The lowest BCUT2D eigenvalue weighted by molar-refractivity contribution is 0.0522. The first kappa shape index (κ1) is 12.6. The lowest BCUT2D eigenvalue weighted by atomic mass is 10.1. The highest BCUT2D eigenvalue weighted by molar-refractivity contribution is 4.93. The van der Waals surface area contributed by atoms with Gasteiger partial charge in [-0.15, -0.1) is 0 Å². The van der Waals surface area contributed by atoms with Gasteiger partial charge in [0.25, 0.3) is 0 Å². The summed E-state index contributed by atoms with van der Waals surface area (Å²) in [7, 11) is 0. The van der Waals surface area contributed by atoms with Gasteiger partial charge in [-0.25, -0.2) is 0 Å². The van der Waals surface area contributed by atoms with E-state index in [4.69, 9.17) is 4.74 Å². The first-order chi connectivity index (χ1) is 6.97. The van der Waals surface area contributed by atoms with E-state index >= 15 is 0 Å². The van der Waals surface area contributed by atoms with Gasteiger partial charge in [0, 0.05) is 6.54 Å². The van der Waals surface area contributed by atoms with Gasteiger partial charge < -0.3 is 4.74 Å². The van der Waals surface area contributed by atoms with E-state index < -0.39 is 0 Å². The molecule has 88 valence electrons. The molecular formula is C13H25NO. The molecule has 0 atom stereocenters. The Kier molecular flexibility index (Phi) is 4.65. The molecule has 2 nitrogen and oxygen atoms in total. The number of likely N-dealkylation sites (tertiary alicyclic amines) is 1. The minimum atomic E-state index is -0.0670. The maximum atomic E-state index is 5.76. The summed E-state index contributed by atoms with van der Waals surface area (Å²) < 4.78 is 5.76. The quantitative estimate of drug-likeness (QED) is 0.665. The van der Waals surface area contributed by atoms with Crippen molar-refractivity contribution in [1.29, 1.82) is 0 Å². The van der Waals surface area contributed by atoms with Crippen LogP contribution in [0, 0.1) is 0 Å². The fourth-order valence-corrected chi connectivity index (χ4v) is 1.92. The second-order valence-electron chi connectivity index (χ2n) is 5.39. The fraction of sp³-hybridized carbons (Fsp3) is 0.846. The standard InChI is InChI=1S/C13H25NO/c1-12(15-13(2,3)4)8-11-14-9-6-5-7-10-14/h8H,5-7,9-11H2,1-4H3/b12-8-. The molecule has 0 spiro atoms. The Morgan fingerprint density at radius 1 is 1.20 bits per heavy atom. The van der Waals surface area contributed by atoms with Crippen LogP contribution in [0.5, 0.6) is 0 Å². The summed E-state index contributed by atoms with van der Waals surface area (Å²) in [5, 5.41) is 0. The Balaban J connectivity index is 2.29. The van der Waals surface area contributed by atoms with Crippen molar-refractivity contribution in [3.05, 3.63) is 11.8 Å². The number of ether oxygens (including phenoxy) is 1. The number of nitrogens with zero attached hydrogens (tertiary/aromatic N) is 1. The smallest absolute Gasteiger partial charge is 0.100 e. The van der Waals surface area contributed by atoms with Crippen molar-refractivity contribution in [3.8, 4) is 0 Å². The molecule has 1 fully saturated rings. The highest BCUT2D eigenvalue weighted by atomic mass is 16.5. The molecule has 1 heterocycles. The van der Waals surface area contributed by atoms with Gasteiger partial charge in [-0.2, -0.15) is 0 Å². The van der Waals surface area contributed by atoms with E-state index in [2.05, 4.69) is 38.7 Å². The van der Waals surface area contributed by atoms with Crippen molar-refractivity contribution in [2.45, 2.75) is 52.6 Å². The molecule has 0 aromatic rings. The average molecular weight is 211 g/mol. The van der Waals surface area contributed by atoms with Crippen LogP contribution in [0.2, 0.25) is 0 Å². The molecule has 1 rings (SSSR count). The summed E-state index contributed by atoms with van der Waals surface area (Å²) in [6, 6.07) is 0. The number of piperidine rings is 1. The maximum Gasteiger partial charge on any atom is 0.100 e. The lowest BCUT2D eigenvalue weighted by Gasteiger charge is -2.26. The van der Waals surface area contributed by atoms with Crippen LogP contribution in [0.3, 0.4) is 0 Å². The topological polar surface area (TPSA) is 12.5 Å². The minimum absolute atomic E-state index is 0.0670. The molecule has 1 aliphatic rings. The van der Waals surface area contributed by atoms with Crippen LogP contribution in [0.4, 0.5) is 0 Å². The van der Waals surface area contributed by atoms with Crippen molar-refractivity contribution < 1.29 is 4.74 Å². The maximum absolute atomic E-state index is 5.76. The van der Waals surface area contributed by atoms with Gasteiger partial charge in [-0.1, -0.05) is 6.42 Å². The van der Waals surface area contributed by atoms with Crippen LogP contribution in [0.1, 0.15) is 47.0 Å². The monoisotopic (exact) mass is 211 g/mol. The summed E-state index contributed by atoms with van der Waals surface area (Å²) in [6.07, 6.45) is 6.31. The Labute approximate surface area is 94.3 Å². The molecule has 0 unspecified atom stereocenters. The summed E-state index contributed by atoms with van der Waals surface area (Å²) in [6.45, 7) is 11.9. The molecule has 0 aliphatic carbocycles. The van der Waals surface area contributed by atoms with Crippen LogP contribution < -0.4 is 0 Å². The van der Waals surface area contributed by atoms with Crippen LogP contribution in [0.25, 0.3) is 0 Å². The molecule has 1 saturated heterocycles. The Bertz CT molecular complexity index is 209. The zero-order valence-electron chi connectivity index (χ0n) is 10.7. The van der Waals surface area contributed by atoms with Gasteiger partial charge in [0.15, 0.2) is 0 Å². The Morgan fingerprint density at radius 3 is 2.33 bits per heavy atom. The number of hydrogen-bond acceptors (Lipinski definition) is 2. The van der Waals surface area contributed by atoms with E-state index in [0.29, 0.717) is 0 Å². The van der Waals surface area contributed by atoms with E-state index in [1.807, 2.05) is 0 Å². The third-order valence-corrected chi connectivity index (χ3v) is 2.55. The molecule has 0 bridgehead atoms. The van der Waals surface area contributed by atoms with Gasteiger partial charge in [-0.05, 0) is 59.7 Å². The van der Waals surface area contributed by atoms with Gasteiger partial charge >= 0.3 is 0 Å². The van der Waals surface area contributed by atoms with E-state index in [0.717, 1.165) is 12.3 Å². The molecule has 2 heteroatoms. The molecule has 0 amide bonds. The molecule has 0 radical (unpaired) electrons. The van der Waals surface area contributed by atoms with Gasteiger partial charge in [-0.3, -0.25) is 4.90 Å². The molecule has 15 heavy (non-hydrogen) atoms. The summed E-state index contributed by atoms with van der Waals surface area (Å²) in [5.41, 5.74) is -0.0670. The summed E-state index contributed by atoms with van der Waals surface area (Å²) in [5.74, 6) is 1.05. The van der Waals surface area contributed by atoms with Gasteiger partial charge in [0.05, 0.1) is 5.76 Å². The molecule has 0 saturated carbocycles. The fourth-order valence-electron chi connectivity index (χ4n) is 1.92. The highest BCUT2D eigenvalue weighted by Gasteiger charge is 2.12. The predicted octanol–water partition coefficient (Wildman–Crippen LogP) is 3.19. The van der Waals surface area contributed by atoms with Crippen LogP contribution in [-0.4, -0.2) is 30.1 Å². The first-order valence-corrected chi connectivity index (χ1v) is 6.05. The van der Waals surface area contributed by atoms with Gasteiger partial charge in [0.1, 0.15) is 5.60 Å². The van der Waals surface area contributed by atoms with Crippen LogP contribution in [0.15, 0.2) is 11.8 Å². The molecule has 0 N–H and O–H groups in total. The largest absolute Gasteiger partial charge is 0.493 e. The van der Waals surface area contributed by atoms with Crippen molar-refractivity contribution >= 4 is 0 Å². The zero-order valence-corrected chi connectivity index (χ0v) is 10.7.